The molecule has 0 aliphatic heterocycles. The Morgan fingerprint density at radius 2 is 1.21 bits per heavy atom. The fourth-order valence-corrected chi connectivity index (χ4v) is 8.08. The average molecular weight is 463 g/mol. The number of rotatable bonds is 8. The molecule has 0 saturated heterocycles. The minimum absolute atomic E-state index is 0.562. The molecule has 0 aromatic heterocycles. The van der Waals surface area contributed by atoms with Crippen LogP contribution in [0, 0.1) is 0 Å². The van der Waals surface area contributed by atoms with Crippen LogP contribution in [0.25, 0.3) is 0 Å². The normalized spacial score (nSPS) is 14.8. The predicted molar refractivity (Wildman–Crippen MR) is 150 cm³/mol. The number of benzene rings is 3. The summed E-state index contributed by atoms with van der Waals surface area (Å²) in [5.74, 6) is 2.33. The van der Waals surface area contributed by atoms with Crippen LogP contribution in [0.15, 0.2) is 163 Å². The Morgan fingerprint density at radius 1 is 0.636 bits per heavy atom. The Hall–Kier alpha value is -3.04. The molecule has 1 unspecified atom stereocenters. The summed E-state index contributed by atoms with van der Waals surface area (Å²) in [6, 6.07) is 32.7. The molecule has 3 aromatic rings. The standard InChI is InChI=1S/C31H28P2/c1-2-3-4-14-26-32(27-16-8-5-9-17-27)28-22-15-23-31(25-24-28)33(29-18-10-6-11-19-29)30-20-12-7-13-21-30/h2-22,24-26H,1,23H2/b4-3-,26-14+. The van der Waals surface area contributed by atoms with Crippen LogP contribution in [-0.4, -0.2) is 0 Å². The van der Waals surface area contributed by atoms with Gasteiger partial charge in [0, 0.05) is 0 Å². The van der Waals surface area contributed by atoms with Crippen molar-refractivity contribution in [2.24, 2.45) is 0 Å². The minimum Gasteiger partial charge on any atom is -0.0991 e. The summed E-state index contributed by atoms with van der Waals surface area (Å²) in [6.07, 6.45) is 18.3. The van der Waals surface area contributed by atoms with E-state index in [0.29, 0.717) is 0 Å². The molecule has 1 atom stereocenters. The molecule has 0 radical (unpaired) electrons. The smallest absolute Gasteiger partial charge is 0.00833 e. The van der Waals surface area contributed by atoms with Gasteiger partial charge in [-0.2, -0.15) is 0 Å². The molecule has 33 heavy (non-hydrogen) atoms. The molecule has 0 amide bonds. The molecular weight excluding hydrogens is 434 g/mol. The maximum Gasteiger partial charge on any atom is -0.00833 e. The van der Waals surface area contributed by atoms with E-state index in [1.165, 1.54) is 26.5 Å². The van der Waals surface area contributed by atoms with Gasteiger partial charge in [0.05, 0.1) is 0 Å². The monoisotopic (exact) mass is 462 g/mol. The topological polar surface area (TPSA) is 0 Å². The molecule has 162 valence electrons. The van der Waals surface area contributed by atoms with Gasteiger partial charge >= 0.3 is 0 Å². The first-order valence-electron chi connectivity index (χ1n) is 11.1. The number of allylic oxidation sites excluding steroid dienone is 10. The Labute approximate surface area is 200 Å². The molecule has 0 nitrogen and oxygen atoms in total. The van der Waals surface area contributed by atoms with Gasteiger partial charge in [0.25, 0.3) is 0 Å². The van der Waals surface area contributed by atoms with E-state index in [-0.39, 0.29) is 0 Å². The van der Waals surface area contributed by atoms with Gasteiger partial charge in [0.1, 0.15) is 0 Å². The van der Waals surface area contributed by atoms with Crippen molar-refractivity contribution in [3.8, 4) is 0 Å². The first-order valence-corrected chi connectivity index (χ1v) is 13.9. The Kier molecular flexibility index (Phi) is 8.60. The van der Waals surface area contributed by atoms with Crippen LogP contribution >= 0.6 is 15.8 Å². The summed E-state index contributed by atoms with van der Waals surface area (Å²) >= 11 is 0. The highest BCUT2D eigenvalue weighted by atomic mass is 31.1. The fraction of sp³-hybridized carbons (Fsp3) is 0.0323. The van der Waals surface area contributed by atoms with Gasteiger partial charge in [0.15, 0.2) is 0 Å². The van der Waals surface area contributed by atoms with Crippen molar-refractivity contribution in [3.63, 3.8) is 0 Å². The highest BCUT2D eigenvalue weighted by Crippen LogP contribution is 2.50. The van der Waals surface area contributed by atoms with Gasteiger partial charge in [-0.05, 0) is 48.8 Å². The third kappa shape index (κ3) is 6.27. The fourth-order valence-electron chi connectivity index (χ4n) is 3.76. The molecule has 1 aliphatic carbocycles. The van der Waals surface area contributed by atoms with Crippen molar-refractivity contribution in [1.82, 2.24) is 0 Å². The molecule has 0 spiro atoms. The number of hydrogen-bond acceptors (Lipinski definition) is 0. The van der Waals surface area contributed by atoms with E-state index in [0.717, 1.165) is 6.42 Å². The highest BCUT2D eigenvalue weighted by Gasteiger charge is 2.19. The second-order valence-corrected chi connectivity index (χ2v) is 11.9. The van der Waals surface area contributed by atoms with Crippen LogP contribution in [0.3, 0.4) is 0 Å². The largest absolute Gasteiger partial charge is 0.0991 e. The van der Waals surface area contributed by atoms with E-state index in [1.54, 1.807) is 0 Å². The van der Waals surface area contributed by atoms with Crippen LogP contribution in [0.1, 0.15) is 6.42 Å². The lowest BCUT2D eigenvalue weighted by molar-refractivity contribution is 1.36. The summed E-state index contributed by atoms with van der Waals surface area (Å²) in [6.45, 7) is 3.77. The van der Waals surface area contributed by atoms with Gasteiger partial charge in [-0.25, -0.2) is 0 Å². The van der Waals surface area contributed by atoms with Crippen molar-refractivity contribution in [1.29, 1.82) is 0 Å². The van der Waals surface area contributed by atoms with Crippen LogP contribution in [-0.2, 0) is 0 Å². The zero-order valence-electron chi connectivity index (χ0n) is 18.7. The van der Waals surface area contributed by atoms with Crippen LogP contribution in [0.4, 0.5) is 0 Å². The average Bonchev–Trinajstić information content (AvgIpc) is 3.12. The van der Waals surface area contributed by atoms with E-state index in [2.05, 4.69) is 140 Å². The second-order valence-electron chi connectivity index (χ2n) is 7.53. The van der Waals surface area contributed by atoms with E-state index >= 15 is 0 Å². The van der Waals surface area contributed by atoms with E-state index < -0.39 is 15.8 Å². The zero-order valence-corrected chi connectivity index (χ0v) is 20.5. The quantitative estimate of drug-likeness (QED) is 0.236. The van der Waals surface area contributed by atoms with Gasteiger partial charge < -0.3 is 0 Å². The maximum absolute atomic E-state index is 3.77. The van der Waals surface area contributed by atoms with E-state index in [9.17, 15) is 0 Å². The summed E-state index contributed by atoms with van der Waals surface area (Å²) < 4.78 is 0. The third-order valence-corrected chi connectivity index (χ3v) is 10.00. The summed E-state index contributed by atoms with van der Waals surface area (Å²) in [7, 11) is -1.15. The maximum atomic E-state index is 3.77. The first-order chi connectivity index (χ1) is 16.4. The lowest BCUT2D eigenvalue weighted by atomic mass is 10.3. The predicted octanol–water partition coefficient (Wildman–Crippen LogP) is 7.91. The van der Waals surface area contributed by atoms with Gasteiger partial charge in [0.2, 0.25) is 0 Å². The number of hydrogen-bond donors (Lipinski definition) is 0. The molecule has 1 aliphatic rings. The summed E-state index contributed by atoms with van der Waals surface area (Å²) in [5.41, 5.74) is 0. The zero-order chi connectivity index (χ0) is 22.7. The SMILES string of the molecule is C=C/C=C\C=C\P(C1=CC=C(P(c2ccccc2)c2ccccc2)CC=C1)c1ccccc1. The molecule has 3 aromatic carbocycles. The Bertz CT molecular complexity index is 1140. The van der Waals surface area contributed by atoms with Gasteiger partial charge in [-0.3, -0.25) is 0 Å². The molecule has 0 bridgehead atoms. The van der Waals surface area contributed by atoms with Crippen molar-refractivity contribution < 1.29 is 0 Å². The molecule has 4 rings (SSSR count). The van der Waals surface area contributed by atoms with Crippen LogP contribution in [0.5, 0.6) is 0 Å². The van der Waals surface area contributed by atoms with E-state index in [1.807, 2.05) is 12.2 Å². The third-order valence-electron chi connectivity index (χ3n) is 5.28. The highest BCUT2D eigenvalue weighted by molar-refractivity contribution is 7.76. The summed E-state index contributed by atoms with van der Waals surface area (Å²) in [4.78, 5) is 0. The lowest BCUT2D eigenvalue weighted by Crippen LogP contribution is -2.12. The van der Waals surface area contributed by atoms with Crippen molar-refractivity contribution in [3.05, 3.63) is 163 Å². The molecule has 0 saturated carbocycles. The Balaban J connectivity index is 1.73. The van der Waals surface area contributed by atoms with E-state index in [4.69, 9.17) is 0 Å². The van der Waals surface area contributed by atoms with Crippen LogP contribution < -0.4 is 15.9 Å². The minimum atomic E-state index is -0.584. The molecular formula is C31H28P2. The van der Waals surface area contributed by atoms with Crippen molar-refractivity contribution in [2.45, 2.75) is 6.42 Å². The summed E-state index contributed by atoms with van der Waals surface area (Å²) in [5, 5.41) is 7.00. The van der Waals surface area contributed by atoms with Gasteiger partial charge in [-0.1, -0.05) is 152 Å². The van der Waals surface area contributed by atoms with Gasteiger partial charge in [-0.15, -0.1) is 0 Å². The Morgan fingerprint density at radius 3 is 1.79 bits per heavy atom. The lowest BCUT2D eigenvalue weighted by Gasteiger charge is -2.21. The van der Waals surface area contributed by atoms with Crippen molar-refractivity contribution in [2.75, 3.05) is 0 Å². The molecule has 2 heteroatoms. The second kappa shape index (κ2) is 12.3. The van der Waals surface area contributed by atoms with Crippen LogP contribution in [0.2, 0.25) is 0 Å². The molecule has 0 fully saturated rings. The molecule has 0 heterocycles. The first kappa shape index (κ1) is 23.1. The van der Waals surface area contributed by atoms with Crippen molar-refractivity contribution >= 4 is 31.8 Å². The molecule has 0 N–H and O–H groups in total.